The first kappa shape index (κ1) is 22.4. The van der Waals surface area contributed by atoms with Gasteiger partial charge >= 0.3 is 6.18 Å². The van der Waals surface area contributed by atoms with Crippen molar-refractivity contribution in [3.05, 3.63) is 52.5 Å². The number of carbonyl (C=O) groups excluding carboxylic acids is 1. The normalized spacial score (nSPS) is 15.2. The molecule has 3 rings (SSSR count). The zero-order chi connectivity index (χ0) is 22.1. The summed E-state index contributed by atoms with van der Waals surface area (Å²) < 4.78 is 72.0. The number of hydrogen-bond donors (Lipinski definition) is 1. The number of halogens is 4. The van der Waals surface area contributed by atoms with Gasteiger partial charge in [-0.3, -0.25) is 4.79 Å². The van der Waals surface area contributed by atoms with E-state index >= 15 is 0 Å². The van der Waals surface area contributed by atoms with Gasteiger partial charge in [-0.2, -0.15) is 17.5 Å². The predicted molar refractivity (Wildman–Crippen MR) is 105 cm³/mol. The van der Waals surface area contributed by atoms with Crippen LogP contribution in [0.2, 0.25) is 5.02 Å². The summed E-state index contributed by atoms with van der Waals surface area (Å²) in [6.07, 6.45) is -3.30. The van der Waals surface area contributed by atoms with Crippen molar-refractivity contribution in [3.63, 3.8) is 0 Å². The van der Waals surface area contributed by atoms with Crippen LogP contribution in [-0.2, 0) is 16.2 Å². The molecule has 0 aromatic heterocycles. The summed E-state index contributed by atoms with van der Waals surface area (Å²) in [5.41, 5.74) is -1.73. The van der Waals surface area contributed by atoms with Crippen LogP contribution < -0.4 is 10.1 Å². The summed E-state index contributed by atoms with van der Waals surface area (Å²) in [6, 6.07) is 6.63. The Labute approximate surface area is 176 Å². The summed E-state index contributed by atoms with van der Waals surface area (Å²) in [6.45, 7) is 0.698. The van der Waals surface area contributed by atoms with E-state index in [1.54, 1.807) is 0 Å². The number of methoxy groups -OCH3 is 1. The second kappa shape index (κ2) is 8.44. The number of ether oxygens (including phenoxy) is 1. The first-order valence-corrected chi connectivity index (χ1v) is 10.7. The fourth-order valence-electron chi connectivity index (χ4n) is 3.14. The van der Waals surface area contributed by atoms with Gasteiger partial charge in [-0.15, -0.1) is 0 Å². The van der Waals surface area contributed by atoms with Crippen molar-refractivity contribution < 1.29 is 31.1 Å². The minimum absolute atomic E-state index is 0.0425. The lowest BCUT2D eigenvalue weighted by Crippen LogP contribution is -2.28. The van der Waals surface area contributed by atoms with E-state index in [0.29, 0.717) is 19.2 Å². The standard InChI is InChI=1S/C19H18ClF3N2O4S/c1-29-16-7-4-12(10-17(16)30(27,28)25-8-2-3-9-25)18(26)24-15-6-5-13(20)11-14(15)19(21,22)23/h4-7,10-11H,2-3,8-9H2,1H3,(H,24,26). The number of alkyl halides is 3. The zero-order valence-corrected chi connectivity index (χ0v) is 17.4. The Bertz CT molecular complexity index is 1070. The summed E-state index contributed by atoms with van der Waals surface area (Å²) in [4.78, 5) is 12.4. The summed E-state index contributed by atoms with van der Waals surface area (Å²) in [5, 5.41) is 2.04. The Kier molecular flexibility index (Phi) is 6.30. The Hall–Kier alpha value is -2.30. The van der Waals surface area contributed by atoms with E-state index < -0.39 is 33.4 Å². The molecule has 0 bridgehead atoms. The summed E-state index contributed by atoms with van der Waals surface area (Å²) >= 11 is 5.65. The quantitative estimate of drug-likeness (QED) is 0.714. The highest BCUT2D eigenvalue weighted by molar-refractivity contribution is 7.89. The van der Waals surface area contributed by atoms with Crippen molar-refractivity contribution in [1.82, 2.24) is 4.31 Å². The maximum absolute atomic E-state index is 13.3. The molecule has 2 aromatic rings. The van der Waals surface area contributed by atoms with Gasteiger partial charge in [-0.1, -0.05) is 11.6 Å². The Balaban J connectivity index is 1.97. The van der Waals surface area contributed by atoms with Gasteiger partial charge in [0.2, 0.25) is 10.0 Å². The molecule has 1 saturated heterocycles. The largest absolute Gasteiger partial charge is 0.495 e. The van der Waals surface area contributed by atoms with Gasteiger partial charge in [0.1, 0.15) is 10.6 Å². The highest BCUT2D eigenvalue weighted by Crippen LogP contribution is 2.37. The fourth-order valence-corrected chi connectivity index (χ4v) is 5.01. The van der Waals surface area contributed by atoms with Gasteiger partial charge in [0, 0.05) is 23.7 Å². The molecule has 1 aliphatic rings. The molecule has 1 heterocycles. The molecule has 0 atom stereocenters. The minimum atomic E-state index is -4.74. The number of amides is 1. The first-order valence-electron chi connectivity index (χ1n) is 8.90. The highest BCUT2D eigenvalue weighted by atomic mass is 35.5. The van der Waals surface area contributed by atoms with Crippen molar-refractivity contribution in [1.29, 1.82) is 0 Å². The third-order valence-electron chi connectivity index (χ3n) is 4.64. The number of benzene rings is 2. The minimum Gasteiger partial charge on any atom is -0.495 e. The topological polar surface area (TPSA) is 75.7 Å². The number of nitrogens with one attached hydrogen (secondary N) is 1. The first-order chi connectivity index (χ1) is 14.0. The van der Waals surface area contributed by atoms with Crippen molar-refractivity contribution in [2.45, 2.75) is 23.9 Å². The van der Waals surface area contributed by atoms with Gasteiger partial charge < -0.3 is 10.1 Å². The lowest BCUT2D eigenvalue weighted by atomic mass is 10.1. The van der Waals surface area contributed by atoms with Crippen LogP contribution in [0.5, 0.6) is 5.75 Å². The van der Waals surface area contributed by atoms with Gasteiger partial charge in [0.15, 0.2) is 0 Å². The number of rotatable bonds is 5. The monoisotopic (exact) mass is 462 g/mol. The molecule has 30 heavy (non-hydrogen) atoms. The van der Waals surface area contributed by atoms with Crippen LogP contribution in [-0.4, -0.2) is 38.8 Å². The highest BCUT2D eigenvalue weighted by Gasteiger charge is 2.35. The summed E-state index contributed by atoms with van der Waals surface area (Å²) in [7, 11) is -2.62. The van der Waals surface area contributed by atoms with Crippen LogP contribution >= 0.6 is 11.6 Å². The fraction of sp³-hybridized carbons (Fsp3) is 0.316. The van der Waals surface area contributed by atoms with E-state index in [2.05, 4.69) is 5.32 Å². The Morgan fingerprint density at radius 1 is 1.13 bits per heavy atom. The molecular weight excluding hydrogens is 445 g/mol. The molecule has 162 valence electrons. The Morgan fingerprint density at radius 2 is 1.80 bits per heavy atom. The van der Waals surface area contributed by atoms with Gasteiger partial charge in [0.05, 0.1) is 18.4 Å². The molecule has 1 amide bonds. The SMILES string of the molecule is COc1ccc(C(=O)Nc2ccc(Cl)cc2C(F)(F)F)cc1S(=O)(=O)N1CCCC1. The molecule has 0 saturated carbocycles. The third-order valence-corrected chi connectivity index (χ3v) is 6.80. The van der Waals surface area contributed by atoms with Crippen molar-refractivity contribution in [2.24, 2.45) is 0 Å². The lowest BCUT2D eigenvalue weighted by molar-refractivity contribution is -0.136. The lowest BCUT2D eigenvalue weighted by Gasteiger charge is -2.18. The van der Waals surface area contributed by atoms with Crippen LogP contribution in [0.4, 0.5) is 18.9 Å². The molecule has 1 N–H and O–H groups in total. The molecule has 0 aliphatic carbocycles. The van der Waals surface area contributed by atoms with Crippen LogP contribution in [0.1, 0.15) is 28.8 Å². The van der Waals surface area contributed by atoms with Crippen LogP contribution in [0, 0.1) is 0 Å². The molecule has 1 aliphatic heterocycles. The average Bonchev–Trinajstić information content (AvgIpc) is 3.23. The summed E-state index contributed by atoms with van der Waals surface area (Å²) in [5.74, 6) is -0.857. The number of hydrogen-bond acceptors (Lipinski definition) is 4. The number of anilines is 1. The van der Waals surface area contributed by atoms with Crippen LogP contribution in [0.15, 0.2) is 41.3 Å². The third kappa shape index (κ3) is 4.55. The maximum atomic E-state index is 13.3. The zero-order valence-electron chi connectivity index (χ0n) is 15.8. The van der Waals surface area contributed by atoms with Crippen LogP contribution in [0.25, 0.3) is 0 Å². The van der Waals surface area contributed by atoms with Gasteiger partial charge in [-0.25, -0.2) is 8.42 Å². The van der Waals surface area contributed by atoms with E-state index in [0.717, 1.165) is 25.0 Å². The van der Waals surface area contributed by atoms with E-state index in [9.17, 15) is 26.4 Å². The molecule has 11 heteroatoms. The molecule has 0 spiro atoms. The van der Waals surface area contributed by atoms with Gasteiger partial charge in [-0.05, 0) is 49.2 Å². The van der Waals surface area contributed by atoms with Crippen LogP contribution in [0.3, 0.4) is 0 Å². The van der Waals surface area contributed by atoms with E-state index in [1.807, 2.05) is 0 Å². The molecule has 0 radical (unpaired) electrons. The Morgan fingerprint density at radius 3 is 2.40 bits per heavy atom. The van der Waals surface area contributed by atoms with Gasteiger partial charge in [0.25, 0.3) is 5.91 Å². The molecular formula is C19H18ClF3N2O4S. The predicted octanol–water partition coefficient (Wildman–Crippen LogP) is 4.40. The molecule has 2 aromatic carbocycles. The number of nitrogens with zero attached hydrogens (tertiary/aromatic N) is 1. The maximum Gasteiger partial charge on any atom is 0.418 e. The van der Waals surface area contributed by atoms with E-state index in [1.165, 1.54) is 29.6 Å². The van der Waals surface area contributed by atoms with Crippen molar-refractivity contribution in [3.8, 4) is 5.75 Å². The van der Waals surface area contributed by atoms with E-state index in [-0.39, 0.29) is 21.2 Å². The second-order valence-electron chi connectivity index (χ2n) is 6.62. The van der Waals surface area contributed by atoms with Crippen molar-refractivity contribution in [2.75, 3.05) is 25.5 Å². The number of carbonyl (C=O) groups is 1. The molecule has 6 nitrogen and oxygen atoms in total. The molecule has 0 unspecified atom stereocenters. The second-order valence-corrected chi connectivity index (χ2v) is 8.96. The average molecular weight is 463 g/mol. The van der Waals surface area contributed by atoms with E-state index in [4.69, 9.17) is 16.3 Å². The smallest absolute Gasteiger partial charge is 0.418 e. The molecule has 1 fully saturated rings. The van der Waals surface area contributed by atoms with Crippen molar-refractivity contribution >= 4 is 33.2 Å². The number of sulfonamides is 1.